The van der Waals surface area contributed by atoms with Gasteiger partial charge in [0.05, 0.1) is 6.20 Å². The van der Waals surface area contributed by atoms with E-state index in [-0.39, 0.29) is 0 Å². The first-order valence-corrected chi connectivity index (χ1v) is 5.18. The summed E-state index contributed by atoms with van der Waals surface area (Å²) in [6, 6.07) is 0. The van der Waals surface area contributed by atoms with Gasteiger partial charge in [-0.05, 0) is 24.7 Å². The van der Waals surface area contributed by atoms with Crippen LogP contribution in [0, 0.1) is 11.8 Å². The Bertz CT molecular complexity index is 235. The fourth-order valence-electron chi connectivity index (χ4n) is 2.11. The van der Waals surface area contributed by atoms with Crippen LogP contribution < -0.4 is 0 Å². The molecule has 3 heteroatoms. The summed E-state index contributed by atoms with van der Waals surface area (Å²) in [6.45, 7) is 3.42. The fraction of sp³-hybridized carbons (Fsp3) is 0.800. The molecule has 3 nitrogen and oxygen atoms in total. The summed E-state index contributed by atoms with van der Waals surface area (Å²) in [5.74, 6) is 1.77. The van der Waals surface area contributed by atoms with Gasteiger partial charge in [-0.2, -0.15) is 0 Å². The van der Waals surface area contributed by atoms with Crippen molar-refractivity contribution in [1.82, 2.24) is 15.0 Å². The van der Waals surface area contributed by atoms with Crippen LogP contribution in [-0.2, 0) is 6.54 Å². The van der Waals surface area contributed by atoms with Crippen molar-refractivity contribution in [2.45, 2.75) is 39.2 Å². The number of nitrogens with zero attached hydrogens (tertiary/aromatic N) is 3. The number of hydrogen-bond acceptors (Lipinski definition) is 2. The van der Waals surface area contributed by atoms with Crippen LogP contribution in [-0.4, -0.2) is 15.0 Å². The first-order chi connectivity index (χ1) is 6.34. The molecule has 1 saturated carbocycles. The summed E-state index contributed by atoms with van der Waals surface area (Å²) in [4.78, 5) is 0. The van der Waals surface area contributed by atoms with Crippen molar-refractivity contribution in [2.75, 3.05) is 0 Å². The Morgan fingerprint density at radius 3 is 2.69 bits per heavy atom. The van der Waals surface area contributed by atoms with Crippen LogP contribution in [0.5, 0.6) is 0 Å². The van der Waals surface area contributed by atoms with E-state index < -0.39 is 0 Å². The molecule has 0 saturated heterocycles. The summed E-state index contributed by atoms with van der Waals surface area (Å²) in [6.07, 6.45) is 9.21. The molecule has 0 aromatic carbocycles. The monoisotopic (exact) mass is 179 g/mol. The van der Waals surface area contributed by atoms with E-state index in [0.29, 0.717) is 0 Å². The van der Waals surface area contributed by atoms with Crippen LogP contribution in [0.1, 0.15) is 32.6 Å². The summed E-state index contributed by atoms with van der Waals surface area (Å²) in [5, 5.41) is 7.81. The van der Waals surface area contributed by atoms with Crippen molar-refractivity contribution >= 4 is 0 Å². The topological polar surface area (TPSA) is 30.7 Å². The quantitative estimate of drug-likeness (QED) is 0.696. The van der Waals surface area contributed by atoms with E-state index in [4.69, 9.17) is 0 Å². The van der Waals surface area contributed by atoms with Crippen LogP contribution in [0.15, 0.2) is 12.4 Å². The van der Waals surface area contributed by atoms with Gasteiger partial charge in [0.1, 0.15) is 0 Å². The number of aromatic nitrogens is 3. The molecule has 0 aliphatic heterocycles. The third-order valence-electron chi connectivity index (χ3n) is 3.05. The van der Waals surface area contributed by atoms with Gasteiger partial charge in [0.2, 0.25) is 0 Å². The van der Waals surface area contributed by atoms with E-state index in [9.17, 15) is 0 Å². The Labute approximate surface area is 79.1 Å². The highest BCUT2D eigenvalue weighted by molar-refractivity contribution is 4.72. The van der Waals surface area contributed by atoms with Gasteiger partial charge in [-0.25, -0.2) is 0 Å². The molecule has 1 fully saturated rings. The average molecular weight is 179 g/mol. The van der Waals surface area contributed by atoms with Gasteiger partial charge >= 0.3 is 0 Å². The van der Waals surface area contributed by atoms with Crippen LogP contribution in [0.2, 0.25) is 0 Å². The molecule has 1 aromatic rings. The minimum atomic E-state index is 0.831. The minimum Gasteiger partial charge on any atom is -0.252 e. The maximum absolute atomic E-state index is 4.00. The van der Waals surface area contributed by atoms with E-state index in [1.807, 2.05) is 10.9 Å². The molecular weight excluding hydrogens is 162 g/mol. The maximum atomic E-state index is 4.00. The van der Waals surface area contributed by atoms with Crippen LogP contribution >= 0.6 is 0 Å². The highest BCUT2D eigenvalue weighted by Gasteiger charge is 2.18. The van der Waals surface area contributed by atoms with Crippen molar-refractivity contribution < 1.29 is 0 Å². The SMILES string of the molecule is CC1CCC(Cn2ccnn2)CC1. The molecule has 0 unspecified atom stereocenters. The van der Waals surface area contributed by atoms with Gasteiger partial charge in [0.25, 0.3) is 0 Å². The molecule has 0 bridgehead atoms. The molecule has 0 atom stereocenters. The largest absolute Gasteiger partial charge is 0.252 e. The van der Waals surface area contributed by atoms with Crippen LogP contribution in [0.4, 0.5) is 0 Å². The lowest BCUT2D eigenvalue weighted by Gasteiger charge is -2.25. The molecule has 72 valence electrons. The van der Waals surface area contributed by atoms with E-state index >= 15 is 0 Å². The Morgan fingerprint density at radius 2 is 2.08 bits per heavy atom. The minimum absolute atomic E-state index is 0.831. The fourth-order valence-corrected chi connectivity index (χ4v) is 2.11. The lowest BCUT2D eigenvalue weighted by atomic mass is 9.83. The van der Waals surface area contributed by atoms with Gasteiger partial charge < -0.3 is 0 Å². The van der Waals surface area contributed by atoms with Gasteiger partial charge in [-0.3, -0.25) is 4.68 Å². The summed E-state index contributed by atoms with van der Waals surface area (Å²) in [5.41, 5.74) is 0. The van der Waals surface area contributed by atoms with Crippen LogP contribution in [0.25, 0.3) is 0 Å². The second kappa shape index (κ2) is 3.90. The van der Waals surface area contributed by atoms with E-state index in [0.717, 1.165) is 18.4 Å². The average Bonchev–Trinajstić information content (AvgIpc) is 2.62. The first-order valence-electron chi connectivity index (χ1n) is 5.18. The number of hydrogen-bond donors (Lipinski definition) is 0. The predicted molar refractivity (Wildman–Crippen MR) is 51.1 cm³/mol. The Morgan fingerprint density at radius 1 is 1.31 bits per heavy atom. The Balaban J connectivity index is 1.83. The first kappa shape index (κ1) is 8.73. The highest BCUT2D eigenvalue weighted by atomic mass is 15.4. The lowest BCUT2D eigenvalue weighted by Crippen LogP contribution is -2.17. The second-order valence-electron chi connectivity index (χ2n) is 4.25. The Hall–Kier alpha value is -0.860. The molecule has 2 rings (SSSR count). The molecule has 0 radical (unpaired) electrons. The summed E-state index contributed by atoms with van der Waals surface area (Å²) >= 11 is 0. The smallest absolute Gasteiger partial charge is 0.0692 e. The molecule has 0 amide bonds. The lowest BCUT2D eigenvalue weighted by molar-refractivity contribution is 0.256. The Kier molecular flexibility index (Phi) is 2.62. The van der Waals surface area contributed by atoms with Crippen molar-refractivity contribution in [3.05, 3.63) is 12.4 Å². The van der Waals surface area contributed by atoms with Crippen molar-refractivity contribution in [3.63, 3.8) is 0 Å². The number of rotatable bonds is 2. The standard InChI is InChI=1S/C10H17N3/c1-9-2-4-10(5-3-9)8-13-7-6-11-12-13/h6-7,9-10H,2-5,8H2,1H3. The molecule has 1 aromatic heterocycles. The molecule has 13 heavy (non-hydrogen) atoms. The molecule has 0 N–H and O–H groups in total. The molecule has 1 heterocycles. The molecule has 0 spiro atoms. The van der Waals surface area contributed by atoms with Crippen molar-refractivity contribution in [3.8, 4) is 0 Å². The van der Waals surface area contributed by atoms with E-state index in [1.54, 1.807) is 6.20 Å². The van der Waals surface area contributed by atoms with Crippen molar-refractivity contribution in [1.29, 1.82) is 0 Å². The second-order valence-corrected chi connectivity index (χ2v) is 4.25. The van der Waals surface area contributed by atoms with Gasteiger partial charge in [0, 0.05) is 12.7 Å². The predicted octanol–water partition coefficient (Wildman–Crippen LogP) is 2.10. The normalized spacial score (nSPS) is 29.0. The molecule has 1 aliphatic carbocycles. The molecular formula is C10H17N3. The maximum Gasteiger partial charge on any atom is 0.0692 e. The van der Waals surface area contributed by atoms with Gasteiger partial charge in [-0.15, -0.1) is 5.10 Å². The van der Waals surface area contributed by atoms with Gasteiger partial charge in [0.15, 0.2) is 0 Å². The summed E-state index contributed by atoms with van der Waals surface area (Å²) < 4.78 is 1.96. The zero-order valence-corrected chi connectivity index (χ0v) is 8.19. The van der Waals surface area contributed by atoms with Crippen molar-refractivity contribution in [2.24, 2.45) is 11.8 Å². The third kappa shape index (κ3) is 2.29. The summed E-state index contributed by atoms with van der Waals surface area (Å²) in [7, 11) is 0. The zero-order valence-electron chi connectivity index (χ0n) is 8.19. The van der Waals surface area contributed by atoms with E-state index in [1.165, 1.54) is 25.7 Å². The third-order valence-corrected chi connectivity index (χ3v) is 3.05. The van der Waals surface area contributed by atoms with Crippen LogP contribution in [0.3, 0.4) is 0 Å². The highest BCUT2D eigenvalue weighted by Crippen LogP contribution is 2.28. The van der Waals surface area contributed by atoms with E-state index in [2.05, 4.69) is 17.2 Å². The van der Waals surface area contributed by atoms with Gasteiger partial charge in [-0.1, -0.05) is 25.0 Å². The zero-order chi connectivity index (χ0) is 9.10. The molecule has 1 aliphatic rings.